The van der Waals surface area contributed by atoms with Crippen LogP contribution in [0.2, 0.25) is 10.0 Å². The van der Waals surface area contributed by atoms with Gasteiger partial charge >= 0.3 is 0 Å². The van der Waals surface area contributed by atoms with Crippen molar-refractivity contribution < 1.29 is 0 Å². The van der Waals surface area contributed by atoms with Crippen LogP contribution in [0.15, 0.2) is 48.8 Å². The second kappa shape index (κ2) is 5.44. The van der Waals surface area contributed by atoms with Crippen molar-refractivity contribution in [2.75, 3.05) is 0 Å². The summed E-state index contributed by atoms with van der Waals surface area (Å²) in [6.07, 6.45) is 4.27. The lowest BCUT2D eigenvalue weighted by Crippen LogP contribution is -2.13. The molecule has 0 aliphatic carbocycles. The molecule has 1 atom stereocenters. The second-order valence-corrected chi connectivity index (χ2v) is 5.46. The standard InChI is InChI=1S/C15H13Cl2N3/c16-12-4-3-5-13(17)10(12)8-14(18)11-9-19-20-7-2-1-6-15(11)20/h1-7,9,14H,8,18H2. The fourth-order valence-corrected chi connectivity index (χ4v) is 2.85. The number of hydrogen-bond donors (Lipinski definition) is 1. The Morgan fingerprint density at radius 3 is 2.60 bits per heavy atom. The van der Waals surface area contributed by atoms with Gasteiger partial charge in [0.25, 0.3) is 0 Å². The minimum atomic E-state index is -0.202. The lowest BCUT2D eigenvalue weighted by atomic mass is 10.0. The molecular formula is C15H13Cl2N3. The number of halogens is 2. The fraction of sp³-hybridized carbons (Fsp3) is 0.133. The molecule has 0 saturated heterocycles. The van der Waals surface area contributed by atoms with Crippen LogP contribution in [0.5, 0.6) is 0 Å². The van der Waals surface area contributed by atoms with Gasteiger partial charge in [-0.05, 0) is 36.2 Å². The van der Waals surface area contributed by atoms with Gasteiger partial charge < -0.3 is 5.73 Å². The van der Waals surface area contributed by atoms with Crippen LogP contribution in [0.4, 0.5) is 0 Å². The average molecular weight is 306 g/mol. The summed E-state index contributed by atoms with van der Waals surface area (Å²) in [4.78, 5) is 0. The van der Waals surface area contributed by atoms with E-state index in [1.54, 1.807) is 6.20 Å². The lowest BCUT2D eigenvalue weighted by Gasteiger charge is -2.13. The van der Waals surface area contributed by atoms with E-state index in [1.807, 2.05) is 47.1 Å². The van der Waals surface area contributed by atoms with Gasteiger partial charge in [-0.3, -0.25) is 0 Å². The number of rotatable bonds is 3. The van der Waals surface area contributed by atoms with E-state index in [2.05, 4.69) is 5.10 Å². The highest BCUT2D eigenvalue weighted by atomic mass is 35.5. The maximum absolute atomic E-state index is 6.30. The molecule has 1 unspecified atom stereocenters. The van der Waals surface area contributed by atoms with Crippen LogP contribution in [0.25, 0.3) is 5.52 Å². The maximum atomic E-state index is 6.30. The Morgan fingerprint density at radius 1 is 1.10 bits per heavy atom. The highest BCUT2D eigenvalue weighted by Crippen LogP contribution is 2.29. The van der Waals surface area contributed by atoms with Crippen molar-refractivity contribution in [3.63, 3.8) is 0 Å². The zero-order chi connectivity index (χ0) is 14.1. The van der Waals surface area contributed by atoms with Crippen molar-refractivity contribution >= 4 is 28.7 Å². The number of nitrogens with two attached hydrogens (primary N) is 1. The number of pyridine rings is 1. The highest BCUT2D eigenvalue weighted by Gasteiger charge is 2.16. The van der Waals surface area contributed by atoms with Gasteiger partial charge in [-0.25, -0.2) is 4.52 Å². The van der Waals surface area contributed by atoms with Gasteiger partial charge in [0.2, 0.25) is 0 Å². The molecular weight excluding hydrogens is 293 g/mol. The summed E-state index contributed by atoms with van der Waals surface area (Å²) in [5.74, 6) is 0. The van der Waals surface area contributed by atoms with E-state index >= 15 is 0 Å². The largest absolute Gasteiger partial charge is 0.324 e. The molecule has 0 fully saturated rings. The van der Waals surface area contributed by atoms with Gasteiger partial charge in [0.05, 0.1) is 11.7 Å². The third kappa shape index (κ3) is 2.40. The smallest absolute Gasteiger partial charge is 0.0709 e. The van der Waals surface area contributed by atoms with E-state index in [0.29, 0.717) is 16.5 Å². The first-order chi connectivity index (χ1) is 9.66. The predicted octanol–water partition coefficient (Wildman–Crippen LogP) is 3.88. The molecule has 0 radical (unpaired) electrons. The first-order valence-corrected chi connectivity index (χ1v) is 7.03. The average Bonchev–Trinajstić information content (AvgIpc) is 2.87. The van der Waals surface area contributed by atoms with Crippen LogP contribution in [0, 0.1) is 0 Å². The van der Waals surface area contributed by atoms with E-state index in [-0.39, 0.29) is 6.04 Å². The van der Waals surface area contributed by atoms with E-state index in [0.717, 1.165) is 16.6 Å². The van der Waals surface area contributed by atoms with E-state index in [1.165, 1.54) is 0 Å². The fourth-order valence-electron chi connectivity index (χ4n) is 2.30. The highest BCUT2D eigenvalue weighted by molar-refractivity contribution is 6.36. The van der Waals surface area contributed by atoms with Gasteiger partial charge in [0.1, 0.15) is 0 Å². The van der Waals surface area contributed by atoms with Gasteiger partial charge in [-0.2, -0.15) is 5.10 Å². The number of hydrogen-bond acceptors (Lipinski definition) is 2. The summed E-state index contributed by atoms with van der Waals surface area (Å²) < 4.78 is 1.81. The molecule has 2 heterocycles. The Labute approximate surface area is 126 Å². The summed E-state index contributed by atoms with van der Waals surface area (Å²) in [6, 6.07) is 11.2. The van der Waals surface area contributed by atoms with Crippen molar-refractivity contribution in [1.82, 2.24) is 9.61 Å². The Kier molecular flexibility index (Phi) is 3.66. The van der Waals surface area contributed by atoms with Crippen molar-refractivity contribution in [3.05, 3.63) is 70.0 Å². The molecule has 3 nitrogen and oxygen atoms in total. The number of fused-ring (bicyclic) bond motifs is 1. The molecule has 2 aromatic heterocycles. The van der Waals surface area contributed by atoms with Gasteiger partial charge in [-0.1, -0.05) is 35.3 Å². The molecule has 0 bridgehead atoms. The molecule has 0 amide bonds. The van der Waals surface area contributed by atoms with E-state index in [9.17, 15) is 0 Å². The molecule has 1 aromatic carbocycles. The third-order valence-electron chi connectivity index (χ3n) is 3.34. The maximum Gasteiger partial charge on any atom is 0.0709 e. The molecule has 102 valence electrons. The van der Waals surface area contributed by atoms with E-state index < -0.39 is 0 Å². The van der Waals surface area contributed by atoms with Crippen molar-refractivity contribution in [1.29, 1.82) is 0 Å². The Hall–Kier alpha value is -1.55. The quantitative estimate of drug-likeness (QED) is 0.798. The van der Waals surface area contributed by atoms with Crippen molar-refractivity contribution in [2.45, 2.75) is 12.5 Å². The SMILES string of the molecule is NC(Cc1c(Cl)cccc1Cl)c1cnn2ccccc12. The summed E-state index contributed by atoms with van der Waals surface area (Å²) >= 11 is 12.4. The summed E-state index contributed by atoms with van der Waals surface area (Å²) in [5, 5.41) is 5.58. The van der Waals surface area contributed by atoms with Gasteiger partial charge in [-0.15, -0.1) is 0 Å². The molecule has 0 saturated carbocycles. The van der Waals surface area contributed by atoms with E-state index in [4.69, 9.17) is 28.9 Å². The predicted molar refractivity (Wildman–Crippen MR) is 82.3 cm³/mol. The third-order valence-corrected chi connectivity index (χ3v) is 4.05. The Bertz CT molecular complexity index is 731. The topological polar surface area (TPSA) is 43.3 Å². The van der Waals surface area contributed by atoms with Gasteiger partial charge in [0, 0.05) is 27.8 Å². The van der Waals surface area contributed by atoms with Crippen LogP contribution in [-0.2, 0) is 6.42 Å². The monoisotopic (exact) mass is 305 g/mol. The lowest BCUT2D eigenvalue weighted by molar-refractivity contribution is 0.728. The first-order valence-electron chi connectivity index (χ1n) is 6.27. The molecule has 0 aliphatic heterocycles. The minimum Gasteiger partial charge on any atom is -0.324 e. The number of nitrogens with zero attached hydrogens (tertiary/aromatic N) is 2. The van der Waals surface area contributed by atoms with Crippen LogP contribution in [0.3, 0.4) is 0 Å². The van der Waals surface area contributed by atoms with Gasteiger partial charge in [0.15, 0.2) is 0 Å². The Balaban J connectivity index is 1.95. The van der Waals surface area contributed by atoms with Crippen LogP contribution < -0.4 is 5.73 Å². The number of benzene rings is 1. The molecule has 0 aliphatic rings. The summed E-state index contributed by atoms with van der Waals surface area (Å²) in [6.45, 7) is 0. The number of aromatic nitrogens is 2. The van der Waals surface area contributed by atoms with Crippen LogP contribution in [0.1, 0.15) is 17.2 Å². The molecule has 5 heteroatoms. The first kappa shape index (κ1) is 13.4. The second-order valence-electron chi connectivity index (χ2n) is 4.64. The van der Waals surface area contributed by atoms with Crippen LogP contribution in [-0.4, -0.2) is 9.61 Å². The summed E-state index contributed by atoms with van der Waals surface area (Å²) in [5.41, 5.74) is 9.17. The molecule has 0 spiro atoms. The van der Waals surface area contributed by atoms with Crippen molar-refractivity contribution in [3.8, 4) is 0 Å². The minimum absolute atomic E-state index is 0.202. The Morgan fingerprint density at radius 2 is 1.85 bits per heavy atom. The van der Waals surface area contributed by atoms with Crippen molar-refractivity contribution in [2.24, 2.45) is 5.73 Å². The molecule has 20 heavy (non-hydrogen) atoms. The zero-order valence-electron chi connectivity index (χ0n) is 10.6. The molecule has 3 aromatic rings. The summed E-state index contributed by atoms with van der Waals surface area (Å²) in [7, 11) is 0. The van der Waals surface area contributed by atoms with Crippen LogP contribution >= 0.6 is 23.2 Å². The molecule has 3 rings (SSSR count). The molecule has 2 N–H and O–H groups in total. The zero-order valence-corrected chi connectivity index (χ0v) is 12.1. The normalized spacial score (nSPS) is 12.8.